The second-order valence-electron chi connectivity index (χ2n) is 13.5. The van der Waals surface area contributed by atoms with Crippen LogP contribution in [0.1, 0.15) is 87.0 Å². The third-order valence-electron chi connectivity index (χ3n) is 11.2. The Hall–Kier alpha value is -2.12. The van der Waals surface area contributed by atoms with Gasteiger partial charge in [0.05, 0.1) is 18.1 Å². The molecule has 2 saturated carbocycles. The number of aliphatic carboxylic acids is 1. The molecule has 8 atom stereocenters. The van der Waals surface area contributed by atoms with Gasteiger partial charge in [0.25, 0.3) is 0 Å². The van der Waals surface area contributed by atoms with Crippen molar-refractivity contribution in [3.05, 3.63) is 22.8 Å². The number of fused-ring (bicyclic) bond motifs is 4. The lowest BCUT2D eigenvalue weighted by molar-refractivity contribution is -0.145. The number of Topliss-reactive ketones (excluding diaryl/α,β-unsaturated/α-hetero) is 2. The molecule has 4 aliphatic rings. The van der Waals surface area contributed by atoms with E-state index in [0.29, 0.717) is 36.8 Å². The van der Waals surface area contributed by atoms with Gasteiger partial charge in [-0.1, -0.05) is 47.1 Å². The second kappa shape index (κ2) is 8.70. The van der Waals surface area contributed by atoms with Crippen LogP contribution in [0.3, 0.4) is 0 Å². The third kappa shape index (κ3) is 3.75. The molecule has 0 bridgehead atoms. The summed E-state index contributed by atoms with van der Waals surface area (Å²) in [4.78, 5) is 50.7. The van der Waals surface area contributed by atoms with E-state index in [2.05, 4.69) is 6.92 Å². The van der Waals surface area contributed by atoms with Crippen LogP contribution < -0.4 is 0 Å². The van der Waals surface area contributed by atoms with Gasteiger partial charge in [-0.2, -0.15) is 0 Å². The summed E-state index contributed by atoms with van der Waals surface area (Å²) in [6.07, 6.45) is 1.42. The first-order chi connectivity index (χ1) is 16.9. The molecule has 0 aliphatic heterocycles. The number of ketones is 3. The lowest BCUT2D eigenvalue weighted by Crippen LogP contribution is -2.60. The Morgan fingerprint density at radius 2 is 1.70 bits per heavy atom. The molecule has 0 heterocycles. The molecular formula is C30H42O7. The molecule has 204 valence electrons. The predicted octanol–water partition coefficient (Wildman–Crippen LogP) is 4.05. The highest BCUT2D eigenvalue weighted by molar-refractivity contribution is 6.01. The minimum Gasteiger partial charge on any atom is -0.481 e. The maximum atomic E-state index is 14.0. The van der Waals surface area contributed by atoms with Crippen molar-refractivity contribution >= 4 is 23.3 Å². The van der Waals surface area contributed by atoms with E-state index in [-0.39, 0.29) is 42.0 Å². The van der Waals surface area contributed by atoms with Gasteiger partial charge in [-0.3, -0.25) is 19.2 Å². The van der Waals surface area contributed by atoms with Crippen LogP contribution in [-0.2, 0) is 19.2 Å². The summed E-state index contributed by atoms with van der Waals surface area (Å²) >= 11 is 0. The molecule has 3 N–H and O–H groups in total. The van der Waals surface area contributed by atoms with Gasteiger partial charge < -0.3 is 15.3 Å². The van der Waals surface area contributed by atoms with Gasteiger partial charge in [0.15, 0.2) is 11.6 Å². The fraction of sp³-hybridized carbons (Fsp3) is 0.733. The molecule has 7 heteroatoms. The fourth-order valence-electron chi connectivity index (χ4n) is 8.77. The van der Waals surface area contributed by atoms with Gasteiger partial charge in [0, 0.05) is 41.1 Å². The van der Waals surface area contributed by atoms with Gasteiger partial charge in [-0.15, -0.1) is 0 Å². The highest BCUT2D eigenvalue weighted by Crippen LogP contribution is 2.71. The molecule has 0 spiro atoms. The van der Waals surface area contributed by atoms with Gasteiger partial charge in [-0.05, 0) is 55.1 Å². The van der Waals surface area contributed by atoms with E-state index in [1.165, 1.54) is 13.0 Å². The molecule has 7 nitrogen and oxygen atoms in total. The fourth-order valence-corrected chi connectivity index (χ4v) is 8.77. The number of carboxylic acids is 1. The Morgan fingerprint density at radius 1 is 1.08 bits per heavy atom. The number of hydrogen-bond donors (Lipinski definition) is 3. The number of allylic oxidation sites excluding steroid dienone is 3. The first-order valence-corrected chi connectivity index (χ1v) is 13.5. The zero-order chi connectivity index (χ0) is 27.9. The van der Waals surface area contributed by atoms with Crippen molar-refractivity contribution in [3.8, 4) is 0 Å². The monoisotopic (exact) mass is 514 g/mol. The molecule has 4 aliphatic carbocycles. The maximum absolute atomic E-state index is 14.0. The van der Waals surface area contributed by atoms with Crippen LogP contribution in [0.5, 0.6) is 0 Å². The van der Waals surface area contributed by atoms with Gasteiger partial charge in [0.2, 0.25) is 0 Å². The number of carboxylic acid groups (broad SMARTS) is 1. The van der Waals surface area contributed by atoms with E-state index in [0.717, 1.165) is 5.57 Å². The van der Waals surface area contributed by atoms with Crippen molar-refractivity contribution < 1.29 is 34.5 Å². The second-order valence-corrected chi connectivity index (χ2v) is 13.5. The molecule has 0 aromatic rings. The van der Waals surface area contributed by atoms with E-state index in [4.69, 9.17) is 5.11 Å². The van der Waals surface area contributed by atoms with Crippen molar-refractivity contribution in [2.75, 3.05) is 0 Å². The number of aliphatic hydroxyl groups excluding tert-OH is 2. The van der Waals surface area contributed by atoms with Crippen LogP contribution in [-0.4, -0.2) is 50.8 Å². The SMILES string of the molecule is C/C(=C/C(=O)C[C@@H](C)C(=O)O)C1C[C@H](O)[C@@]2(C)C3=C(C(=O)C[C@]12C)[C@@]1(C)CCC(=O)C(C)(C)C1C[C@@H]3O. The first kappa shape index (κ1) is 27.9. The Labute approximate surface area is 219 Å². The zero-order valence-corrected chi connectivity index (χ0v) is 23.2. The number of carbonyl (C=O) groups is 4. The number of hydrogen-bond acceptors (Lipinski definition) is 6. The molecule has 37 heavy (non-hydrogen) atoms. The first-order valence-electron chi connectivity index (χ1n) is 13.5. The zero-order valence-electron chi connectivity index (χ0n) is 23.2. The quantitative estimate of drug-likeness (QED) is 0.472. The number of carbonyl (C=O) groups excluding carboxylic acids is 3. The third-order valence-corrected chi connectivity index (χ3v) is 11.2. The molecule has 2 fully saturated rings. The average molecular weight is 515 g/mol. The van der Waals surface area contributed by atoms with E-state index in [1.807, 2.05) is 34.6 Å². The van der Waals surface area contributed by atoms with Crippen molar-refractivity contribution in [3.63, 3.8) is 0 Å². The van der Waals surface area contributed by atoms with E-state index in [9.17, 15) is 29.4 Å². The van der Waals surface area contributed by atoms with Crippen molar-refractivity contribution in [2.24, 2.45) is 39.4 Å². The van der Waals surface area contributed by atoms with Crippen LogP contribution in [0, 0.1) is 39.4 Å². The molecule has 0 radical (unpaired) electrons. The Balaban J connectivity index is 1.80. The predicted molar refractivity (Wildman–Crippen MR) is 137 cm³/mol. The lowest BCUT2D eigenvalue weighted by Gasteiger charge is -2.61. The molecule has 0 aromatic heterocycles. The Morgan fingerprint density at radius 3 is 2.30 bits per heavy atom. The number of aliphatic hydroxyl groups is 2. The average Bonchev–Trinajstić information content (AvgIpc) is 2.99. The van der Waals surface area contributed by atoms with Gasteiger partial charge in [-0.25, -0.2) is 0 Å². The number of rotatable bonds is 5. The summed E-state index contributed by atoms with van der Waals surface area (Å²) in [6, 6.07) is 0. The minimum atomic E-state index is -1.03. The smallest absolute Gasteiger partial charge is 0.306 e. The van der Waals surface area contributed by atoms with E-state index >= 15 is 0 Å². The maximum Gasteiger partial charge on any atom is 0.306 e. The molecular weight excluding hydrogens is 472 g/mol. The highest BCUT2D eigenvalue weighted by Gasteiger charge is 2.69. The van der Waals surface area contributed by atoms with Crippen LogP contribution in [0.15, 0.2) is 22.8 Å². The lowest BCUT2D eigenvalue weighted by atomic mass is 9.42. The van der Waals surface area contributed by atoms with Crippen LogP contribution >= 0.6 is 0 Å². The van der Waals surface area contributed by atoms with Crippen molar-refractivity contribution in [1.82, 2.24) is 0 Å². The van der Waals surface area contributed by atoms with E-state index < -0.39 is 45.8 Å². The molecule has 0 amide bonds. The van der Waals surface area contributed by atoms with Crippen LogP contribution in [0.25, 0.3) is 0 Å². The summed E-state index contributed by atoms with van der Waals surface area (Å²) in [5.74, 6) is -2.44. The van der Waals surface area contributed by atoms with Crippen molar-refractivity contribution in [1.29, 1.82) is 0 Å². The minimum absolute atomic E-state index is 0.0379. The largest absolute Gasteiger partial charge is 0.481 e. The summed E-state index contributed by atoms with van der Waals surface area (Å²) in [6.45, 7) is 13.1. The topological polar surface area (TPSA) is 129 Å². The van der Waals surface area contributed by atoms with Crippen LogP contribution in [0.4, 0.5) is 0 Å². The highest BCUT2D eigenvalue weighted by atomic mass is 16.4. The normalized spacial score (nSPS) is 42.1. The Kier molecular flexibility index (Phi) is 6.56. The summed E-state index contributed by atoms with van der Waals surface area (Å²) in [5, 5.41) is 32.4. The molecule has 0 saturated heterocycles. The summed E-state index contributed by atoms with van der Waals surface area (Å²) < 4.78 is 0. The summed E-state index contributed by atoms with van der Waals surface area (Å²) in [5.41, 5.74) is -0.855. The van der Waals surface area contributed by atoms with Crippen molar-refractivity contribution in [2.45, 2.75) is 99.2 Å². The molecule has 2 unspecified atom stereocenters. The van der Waals surface area contributed by atoms with E-state index in [1.54, 1.807) is 0 Å². The molecule has 0 aromatic carbocycles. The standard InChI is InChI=1S/C30H42O7/c1-15(10-17(31)11-16(2)26(36)37)18-12-23(35)30(7)25-19(32)13-21-27(3,4)22(34)8-9-28(21,5)24(25)20(33)14-29(18,30)6/h10,16,18-19,21,23,32,35H,8-9,11-14H2,1-7H3,(H,36,37)/b15-10-/t16-,18?,19+,21?,23+,28+,29-,30+/m1/s1. The Bertz CT molecular complexity index is 1130. The van der Waals surface area contributed by atoms with Gasteiger partial charge in [0.1, 0.15) is 5.78 Å². The molecule has 4 rings (SSSR count). The van der Waals surface area contributed by atoms with Crippen LogP contribution in [0.2, 0.25) is 0 Å². The summed E-state index contributed by atoms with van der Waals surface area (Å²) in [7, 11) is 0. The van der Waals surface area contributed by atoms with Gasteiger partial charge >= 0.3 is 5.97 Å².